The Hall–Kier alpha value is -0.753. The van der Waals surface area contributed by atoms with E-state index in [9.17, 15) is 4.79 Å². The third-order valence-electron chi connectivity index (χ3n) is 3.70. The van der Waals surface area contributed by atoms with Gasteiger partial charge in [0.25, 0.3) is 14.3 Å². The third kappa shape index (κ3) is 4.17. The summed E-state index contributed by atoms with van der Waals surface area (Å²) in [6, 6.07) is 0. The van der Waals surface area contributed by atoms with Crippen molar-refractivity contribution in [3.8, 4) is 12.3 Å². The van der Waals surface area contributed by atoms with Crippen molar-refractivity contribution >= 4 is 14.3 Å². The van der Waals surface area contributed by atoms with Crippen molar-refractivity contribution in [3.63, 3.8) is 0 Å². The molecule has 0 radical (unpaired) electrons. The first-order valence-electron chi connectivity index (χ1n) is 6.94. The summed E-state index contributed by atoms with van der Waals surface area (Å²) in [5.41, 5.74) is 1.32. The van der Waals surface area contributed by atoms with E-state index in [0.29, 0.717) is 29.5 Å². The van der Waals surface area contributed by atoms with Crippen LogP contribution < -0.4 is 0 Å². The lowest BCUT2D eigenvalue weighted by Gasteiger charge is -2.41. The number of hydrogen-bond acceptors (Lipinski definition) is 2. The van der Waals surface area contributed by atoms with Gasteiger partial charge in [-0.3, -0.25) is 4.79 Å². The fourth-order valence-corrected chi connectivity index (χ4v) is 8.14. The highest BCUT2D eigenvalue weighted by molar-refractivity contribution is 6.78. The number of rotatable bonds is 7. The Balaban J connectivity index is 4.80. The second kappa shape index (κ2) is 7.63. The van der Waals surface area contributed by atoms with E-state index in [1.165, 1.54) is 0 Å². The van der Waals surface area contributed by atoms with Crippen LogP contribution in [0.4, 0.5) is 0 Å². The molecular formula is C15H28O2Si. The molecule has 0 N–H and O–H groups in total. The molecule has 0 spiro atoms. The van der Waals surface area contributed by atoms with Gasteiger partial charge in [-0.15, -0.1) is 12.3 Å². The van der Waals surface area contributed by atoms with Crippen molar-refractivity contribution in [2.75, 3.05) is 0 Å². The number of hydrogen-bond donors (Lipinski definition) is 0. The predicted octanol–water partition coefficient (Wildman–Crippen LogP) is 4.51. The highest BCUT2D eigenvalue weighted by Gasteiger charge is 2.47. The molecule has 0 rings (SSSR count). The summed E-state index contributed by atoms with van der Waals surface area (Å²) in [5.74, 6) is 2.50. The molecule has 0 amide bonds. The molecule has 0 aliphatic rings. The summed E-state index contributed by atoms with van der Waals surface area (Å²) in [6.45, 7) is 13.1. The number of terminal acetylenes is 1. The Morgan fingerprint density at radius 1 is 1.11 bits per heavy atom. The first-order chi connectivity index (χ1) is 8.28. The largest absolute Gasteiger partial charge is 0.518 e. The molecule has 2 nitrogen and oxygen atoms in total. The highest BCUT2D eigenvalue weighted by Crippen LogP contribution is 2.42. The molecule has 0 unspecified atom stereocenters. The van der Waals surface area contributed by atoms with Crippen molar-refractivity contribution in [2.45, 2.75) is 77.4 Å². The van der Waals surface area contributed by atoms with E-state index in [-0.39, 0.29) is 5.97 Å². The highest BCUT2D eigenvalue weighted by atomic mass is 28.4. The molecule has 3 heteroatoms. The monoisotopic (exact) mass is 268 g/mol. The lowest BCUT2D eigenvalue weighted by molar-refractivity contribution is -0.135. The van der Waals surface area contributed by atoms with E-state index in [1.54, 1.807) is 0 Å². The van der Waals surface area contributed by atoms with Crippen molar-refractivity contribution in [3.05, 3.63) is 0 Å². The van der Waals surface area contributed by atoms with E-state index in [1.807, 2.05) is 0 Å². The zero-order chi connectivity index (χ0) is 14.3. The lowest BCUT2D eigenvalue weighted by atomic mass is 10.2. The van der Waals surface area contributed by atoms with Crippen molar-refractivity contribution in [1.29, 1.82) is 0 Å². The molecule has 0 heterocycles. The Kier molecular flexibility index (Phi) is 7.31. The van der Waals surface area contributed by atoms with Gasteiger partial charge >= 0.3 is 0 Å². The van der Waals surface area contributed by atoms with Crippen molar-refractivity contribution in [1.82, 2.24) is 0 Å². The lowest BCUT2D eigenvalue weighted by Crippen LogP contribution is -2.49. The minimum atomic E-state index is -2.05. The summed E-state index contributed by atoms with van der Waals surface area (Å²) in [4.78, 5) is 12.0. The Morgan fingerprint density at radius 3 is 1.89 bits per heavy atom. The van der Waals surface area contributed by atoms with E-state index in [4.69, 9.17) is 10.8 Å². The molecular weight excluding hydrogens is 240 g/mol. The first-order valence-corrected chi connectivity index (χ1v) is 9.08. The normalized spacial score (nSPS) is 12.0. The molecule has 0 atom stereocenters. The average molecular weight is 268 g/mol. The van der Waals surface area contributed by atoms with Crippen LogP contribution in [0.15, 0.2) is 0 Å². The topological polar surface area (TPSA) is 26.3 Å². The number of carbonyl (C=O) groups excluding carboxylic acids is 1. The van der Waals surface area contributed by atoms with Crippen LogP contribution in [0.1, 0.15) is 60.8 Å². The standard InChI is InChI=1S/C15H28O2Si/c1-8-9-10-11-15(16)17-18(12(2)3,13(4)5)14(6)7/h1,12-14H,9-11H2,2-7H3. The van der Waals surface area contributed by atoms with Crippen LogP contribution in [0.3, 0.4) is 0 Å². The van der Waals surface area contributed by atoms with Crippen LogP contribution in [0.2, 0.25) is 16.6 Å². The van der Waals surface area contributed by atoms with E-state index in [0.717, 1.165) is 6.42 Å². The van der Waals surface area contributed by atoms with Gasteiger partial charge in [0.2, 0.25) is 0 Å². The Bertz CT molecular complexity index is 278. The van der Waals surface area contributed by atoms with E-state index >= 15 is 0 Å². The summed E-state index contributed by atoms with van der Waals surface area (Å²) in [5, 5.41) is 0. The minimum absolute atomic E-state index is 0.0620. The summed E-state index contributed by atoms with van der Waals surface area (Å²) in [7, 11) is -2.05. The average Bonchev–Trinajstić information content (AvgIpc) is 2.24. The van der Waals surface area contributed by atoms with Crippen LogP contribution in [-0.4, -0.2) is 14.3 Å². The van der Waals surface area contributed by atoms with Gasteiger partial charge in [-0.05, 0) is 23.0 Å². The molecule has 0 saturated carbocycles. The van der Waals surface area contributed by atoms with Gasteiger partial charge in [-0.25, -0.2) is 0 Å². The number of unbranched alkanes of at least 4 members (excludes halogenated alkanes) is 1. The van der Waals surface area contributed by atoms with Gasteiger partial charge in [-0.2, -0.15) is 0 Å². The summed E-state index contributed by atoms with van der Waals surface area (Å²) >= 11 is 0. The second-order valence-corrected chi connectivity index (χ2v) is 11.2. The molecule has 104 valence electrons. The van der Waals surface area contributed by atoms with Crippen molar-refractivity contribution in [2.24, 2.45) is 0 Å². The van der Waals surface area contributed by atoms with Crippen LogP contribution in [0, 0.1) is 12.3 Å². The Labute approximate surface area is 114 Å². The van der Waals surface area contributed by atoms with Gasteiger partial charge in [0.15, 0.2) is 0 Å². The first kappa shape index (κ1) is 17.2. The minimum Gasteiger partial charge on any atom is -0.518 e. The van der Waals surface area contributed by atoms with E-state index < -0.39 is 8.32 Å². The fraction of sp³-hybridized carbons (Fsp3) is 0.800. The molecule has 0 aromatic heterocycles. The predicted molar refractivity (Wildman–Crippen MR) is 79.8 cm³/mol. The van der Waals surface area contributed by atoms with Gasteiger partial charge in [-0.1, -0.05) is 41.5 Å². The zero-order valence-corrected chi connectivity index (χ0v) is 13.7. The van der Waals surface area contributed by atoms with E-state index in [2.05, 4.69) is 47.5 Å². The van der Waals surface area contributed by atoms with Crippen LogP contribution in [0.5, 0.6) is 0 Å². The maximum absolute atomic E-state index is 12.0. The maximum Gasteiger partial charge on any atom is 0.292 e. The molecule has 0 aromatic carbocycles. The zero-order valence-electron chi connectivity index (χ0n) is 12.7. The molecule has 0 aliphatic carbocycles. The summed E-state index contributed by atoms with van der Waals surface area (Å²) < 4.78 is 6.00. The number of carbonyl (C=O) groups is 1. The van der Waals surface area contributed by atoms with Gasteiger partial charge < -0.3 is 4.43 Å². The van der Waals surface area contributed by atoms with Crippen LogP contribution >= 0.6 is 0 Å². The molecule has 0 aromatic rings. The second-order valence-electron chi connectivity index (χ2n) is 5.85. The molecule has 0 bridgehead atoms. The van der Waals surface area contributed by atoms with Crippen LogP contribution in [-0.2, 0) is 9.22 Å². The quantitative estimate of drug-likeness (QED) is 0.386. The van der Waals surface area contributed by atoms with Gasteiger partial charge in [0.05, 0.1) is 0 Å². The molecule has 0 fully saturated rings. The third-order valence-corrected chi connectivity index (χ3v) is 9.70. The van der Waals surface area contributed by atoms with Crippen molar-refractivity contribution < 1.29 is 9.22 Å². The maximum atomic E-state index is 12.0. The van der Waals surface area contributed by atoms with Gasteiger partial charge in [0, 0.05) is 12.8 Å². The Morgan fingerprint density at radius 2 is 1.56 bits per heavy atom. The SMILES string of the molecule is C#CCCCC(=O)O[Si](C(C)C)(C(C)C)C(C)C. The molecule has 0 aliphatic heterocycles. The molecule has 0 saturated heterocycles. The summed E-state index contributed by atoms with van der Waals surface area (Å²) in [6.07, 6.45) is 7.02. The van der Waals surface area contributed by atoms with Crippen LogP contribution in [0.25, 0.3) is 0 Å². The van der Waals surface area contributed by atoms with Gasteiger partial charge in [0.1, 0.15) is 0 Å². The molecule has 18 heavy (non-hydrogen) atoms. The fourth-order valence-electron chi connectivity index (χ4n) is 2.94. The smallest absolute Gasteiger partial charge is 0.292 e.